The quantitative estimate of drug-likeness (QED) is 0.140. The first-order chi connectivity index (χ1) is 27.4. The Kier molecular flexibility index (Phi) is 9.62. The molecule has 3 aromatic carbocycles. The summed E-state index contributed by atoms with van der Waals surface area (Å²) in [5, 5.41) is 12.5. The van der Waals surface area contributed by atoms with Gasteiger partial charge in [-0.1, -0.05) is 83.4 Å². The number of benzene rings is 3. The predicted molar refractivity (Wildman–Crippen MR) is 207 cm³/mol. The lowest BCUT2D eigenvalue weighted by Gasteiger charge is -2.50. The van der Waals surface area contributed by atoms with Crippen molar-refractivity contribution in [3.63, 3.8) is 0 Å². The Hall–Kier alpha value is -5.40. The van der Waals surface area contributed by atoms with Crippen LogP contribution in [0.25, 0.3) is 0 Å². The van der Waals surface area contributed by atoms with E-state index in [2.05, 4.69) is 10.4 Å². The summed E-state index contributed by atoms with van der Waals surface area (Å²) in [5.74, 6) is -7.25. The van der Waals surface area contributed by atoms with E-state index in [9.17, 15) is 32.7 Å². The van der Waals surface area contributed by atoms with Crippen LogP contribution in [0.3, 0.4) is 0 Å². The molecule has 8 rings (SSSR count). The standard InChI is InChI=1S/C43H37Cl2F3N4O6/c1-41(2,3)51-37(54)29-16-15-27-30(34(29)39(51)56)19-31-38(55)52(50-36-32(45)17-24(20-49-36)43(46,47)48)40(57)42(31,23-9-11-25(44)12-10-23)35(27)28-14-13-26(18-33(28)53)58-21-22-7-5-4-6-8-22/h4-15,17-18,20,29-31,34-35,53H,16,19,21H2,1-3H3,(H,49,50)/t29-,30+,31-,34-,35+,42+/m0/s1. The Morgan fingerprint density at radius 2 is 1.62 bits per heavy atom. The molecule has 4 aliphatic rings. The van der Waals surface area contributed by atoms with E-state index in [-0.39, 0.29) is 42.5 Å². The lowest BCUT2D eigenvalue weighted by molar-refractivity contribution is -0.146. The van der Waals surface area contributed by atoms with Crippen LogP contribution in [0.2, 0.25) is 10.0 Å². The molecule has 0 spiro atoms. The first kappa shape index (κ1) is 39.4. The molecule has 2 aliphatic carbocycles. The smallest absolute Gasteiger partial charge is 0.417 e. The highest BCUT2D eigenvalue weighted by atomic mass is 35.5. The molecule has 3 heterocycles. The van der Waals surface area contributed by atoms with E-state index < -0.39 is 75.0 Å². The number of hydrogen-bond donors (Lipinski definition) is 2. The van der Waals surface area contributed by atoms with Crippen molar-refractivity contribution in [1.82, 2.24) is 14.9 Å². The highest BCUT2D eigenvalue weighted by Crippen LogP contribution is 2.65. The molecule has 10 nitrogen and oxygen atoms in total. The van der Waals surface area contributed by atoms with Gasteiger partial charge in [0.2, 0.25) is 11.8 Å². The number of hydrazine groups is 1. The number of anilines is 1. The van der Waals surface area contributed by atoms with E-state index in [1.165, 1.54) is 11.0 Å². The number of imide groups is 2. The van der Waals surface area contributed by atoms with Gasteiger partial charge in [0.25, 0.3) is 11.8 Å². The monoisotopic (exact) mass is 832 g/mol. The fourth-order valence-electron chi connectivity index (χ4n) is 9.39. The number of ether oxygens (including phenoxy) is 1. The Labute approximate surface area is 341 Å². The number of nitrogens with one attached hydrogen (secondary N) is 1. The maximum Gasteiger partial charge on any atom is 0.417 e. The topological polar surface area (TPSA) is 129 Å². The number of aromatic hydroxyl groups is 1. The zero-order chi connectivity index (χ0) is 41.5. The molecule has 15 heteroatoms. The molecule has 2 aliphatic heterocycles. The van der Waals surface area contributed by atoms with Crippen molar-refractivity contribution in [3.05, 3.63) is 129 Å². The van der Waals surface area contributed by atoms with Gasteiger partial charge in [-0.25, -0.2) is 4.98 Å². The van der Waals surface area contributed by atoms with Crippen LogP contribution in [-0.2, 0) is 37.4 Å². The van der Waals surface area contributed by atoms with Crippen molar-refractivity contribution in [3.8, 4) is 11.5 Å². The van der Waals surface area contributed by atoms with Crippen LogP contribution in [0.1, 0.15) is 61.8 Å². The summed E-state index contributed by atoms with van der Waals surface area (Å²) < 4.78 is 46.6. The number of carbonyl (C=O) groups is 4. The molecular weight excluding hydrogens is 796 g/mol. The molecule has 58 heavy (non-hydrogen) atoms. The molecule has 4 aromatic rings. The second-order valence-corrected chi connectivity index (χ2v) is 16.9. The fourth-order valence-corrected chi connectivity index (χ4v) is 9.72. The van der Waals surface area contributed by atoms with E-state index in [1.54, 1.807) is 57.2 Å². The van der Waals surface area contributed by atoms with E-state index in [0.717, 1.165) is 5.56 Å². The summed E-state index contributed by atoms with van der Waals surface area (Å²) in [4.78, 5) is 63.7. The number of pyridine rings is 1. The third-order valence-electron chi connectivity index (χ3n) is 11.8. The minimum Gasteiger partial charge on any atom is -0.508 e. The minimum absolute atomic E-state index is 0.0565. The number of rotatable bonds is 7. The van der Waals surface area contributed by atoms with Crippen LogP contribution >= 0.6 is 23.2 Å². The van der Waals surface area contributed by atoms with Gasteiger partial charge in [0, 0.05) is 34.3 Å². The Balaban J connectivity index is 1.30. The zero-order valence-corrected chi connectivity index (χ0v) is 32.9. The number of phenols is 1. The summed E-state index contributed by atoms with van der Waals surface area (Å²) >= 11 is 12.6. The second kappa shape index (κ2) is 14.2. The van der Waals surface area contributed by atoms with Crippen molar-refractivity contribution < 1.29 is 42.2 Å². The van der Waals surface area contributed by atoms with Gasteiger partial charge < -0.3 is 9.84 Å². The number of nitrogens with zero attached hydrogens (tertiary/aromatic N) is 3. The number of likely N-dealkylation sites (tertiary alicyclic amines) is 1. The molecule has 0 radical (unpaired) electrons. The summed E-state index contributed by atoms with van der Waals surface area (Å²) in [7, 11) is 0. The highest BCUT2D eigenvalue weighted by Gasteiger charge is 2.71. The van der Waals surface area contributed by atoms with E-state index >= 15 is 4.79 Å². The molecular formula is C43H37Cl2F3N4O6. The number of alkyl halides is 3. The van der Waals surface area contributed by atoms with Crippen LogP contribution < -0.4 is 10.2 Å². The van der Waals surface area contributed by atoms with Crippen LogP contribution in [0.4, 0.5) is 19.0 Å². The lowest BCUT2D eigenvalue weighted by Crippen LogP contribution is -2.53. The van der Waals surface area contributed by atoms with Crippen molar-refractivity contribution in [2.45, 2.75) is 63.3 Å². The number of amides is 4. The lowest BCUT2D eigenvalue weighted by atomic mass is 9.49. The molecule has 2 N–H and O–H groups in total. The van der Waals surface area contributed by atoms with Gasteiger partial charge in [-0.3, -0.25) is 29.5 Å². The largest absolute Gasteiger partial charge is 0.508 e. The van der Waals surface area contributed by atoms with Gasteiger partial charge in [-0.2, -0.15) is 18.2 Å². The number of halogens is 5. The Morgan fingerprint density at radius 1 is 0.914 bits per heavy atom. The average Bonchev–Trinajstić information content (AvgIpc) is 3.56. The van der Waals surface area contributed by atoms with Gasteiger partial charge >= 0.3 is 6.18 Å². The van der Waals surface area contributed by atoms with Crippen LogP contribution in [0.5, 0.6) is 11.5 Å². The maximum absolute atomic E-state index is 15.4. The molecule has 3 fully saturated rings. The van der Waals surface area contributed by atoms with E-state index in [0.29, 0.717) is 39.2 Å². The van der Waals surface area contributed by atoms with Gasteiger partial charge in [0.15, 0.2) is 5.82 Å². The third kappa shape index (κ3) is 6.30. The number of aromatic nitrogens is 1. The maximum atomic E-state index is 15.4. The van der Waals surface area contributed by atoms with Crippen molar-refractivity contribution in [1.29, 1.82) is 0 Å². The predicted octanol–water partition coefficient (Wildman–Crippen LogP) is 8.48. The van der Waals surface area contributed by atoms with Crippen LogP contribution in [0.15, 0.2) is 96.7 Å². The van der Waals surface area contributed by atoms with Gasteiger partial charge in [-0.05, 0) is 74.9 Å². The van der Waals surface area contributed by atoms with E-state index in [1.807, 2.05) is 36.4 Å². The van der Waals surface area contributed by atoms with Crippen molar-refractivity contribution in [2.75, 3.05) is 5.43 Å². The first-order valence-electron chi connectivity index (χ1n) is 18.6. The zero-order valence-electron chi connectivity index (χ0n) is 31.4. The molecule has 6 atom stereocenters. The number of phenolic OH excluding ortho intramolecular Hbond substituents is 1. The fraction of sp³-hybridized carbons (Fsp3) is 0.326. The highest BCUT2D eigenvalue weighted by molar-refractivity contribution is 6.33. The van der Waals surface area contributed by atoms with Crippen LogP contribution in [0, 0.1) is 23.7 Å². The molecule has 1 saturated carbocycles. The molecule has 1 aromatic heterocycles. The van der Waals surface area contributed by atoms with E-state index in [4.69, 9.17) is 27.9 Å². The third-order valence-corrected chi connectivity index (χ3v) is 12.3. The number of fused-ring (bicyclic) bond motifs is 4. The molecule has 0 bridgehead atoms. The summed E-state index contributed by atoms with van der Waals surface area (Å²) in [6, 6.07) is 21.1. The molecule has 2 saturated heterocycles. The summed E-state index contributed by atoms with van der Waals surface area (Å²) in [5.41, 5.74) is 0.908. The van der Waals surface area contributed by atoms with Gasteiger partial charge in [0.05, 0.1) is 33.8 Å². The minimum atomic E-state index is -4.76. The van der Waals surface area contributed by atoms with Crippen molar-refractivity contribution in [2.24, 2.45) is 23.7 Å². The number of carbonyl (C=O) groups excluding carboxylic acids is 4. The molecule has 300 valence electrons. The summed E-state index contributed by atoms with van der Waals surface area (Å²) in [6.45, 7) is 5.51. The molecule has 4 amide bonds. The number of allylic oxidation sites excluding steroid dienone is 2. The average molecular weight is 834 g/mol. The van der Waals surface area contributed by atoms with Crippen molar-refractivity contribution >= 4 is 52.6 Å². The normalized spacial score (nSPS) is 25.7. The Bertz CT molecular complexity index is 2390. The first-order valence-corrected chi connectivity index (χ1v) is 19.4. The van der Waals surface area contributed by atoms with Gasteiger partial charge in [-0.15, -0.1) is 0 Å². The molecule has 0 unspecified atom stereocenters. The number of hydrogen-bond acceptors (Lipinski definition) is 8. The van der Waals surface area contributed by atoms with Crippen LogP contribution in [-0.4, -0.2) is 49.2 Å². The Morgan fingerprint density at radius 3 is 2.26 bits per heavy atom. The summed E-state index contributed by atoms with van der Waals surface area (Å²) in [6.07, 6.45) is -2.27. The SMILES string of the molecule is CC(C)(C)N1C(=O)[C@H]2[C@H](CC=C3[C@H]2C[C@H]2C(=O)N(Nc4ncc(C(F)(F)F)cc4Cl)C(=O)[C@@]2(c2ccc(Cl)cc2)[C@H]3c2ccc(OCc3ccccc3)cc2O)C1=O. The van der Waals surface area contributed by atoms with Gasteiger partial charge in [0.1, 0.15) is 18.1 Å². The second-order valence-electron chi connectivity index (χ2n) is 16.1.